The molecule has 8 heteroatoms. The second-order valence-electron chi connectivity index (χ2n) is 4.59. The van der Waals surface area contributed by atoms with E-state index in [0.29, 0.717) is 36.3 Å². The molecule has 1 aromatic rings. The minimum atomic E-state index is -3.11. The first kappa shape index (κ1) is 15.5. The molecule has 1 aliphatic heterocycles. The predicted molar refractivity (Wildman–Crippen MR) is 85.7 cm³/mol. The summed E-state index contributed by atoms with van der Waals surface area (Å²) in [6, 6.07) is 7.31. The van der Waals surface area contributed by atoms with Gasteiger partial charge in [-0.3, -0.25) is 0 Å². The van der Waals surface area contributed by atoms with Crippen LogP contribution in [0.5, 0.6) is 0 Å². The summed E-state index contributed by atoms with van der Waals surface area (Å²) < 4.78 is 24.3. The van der Waals surface area contributed by atoms with Crippen LogP contribution in [0.15, 0.2) is 24.3 Å². The number of sulfonamides is 1. The van der Waals surface area contributed by atoms with Crippen LogP contribution in [0.4, 0.5) is 5.69 Å². The zero-order chi connectivity index (χ0) is 14.8. The number of anilines is 1. The Kier molecular flexibility index (Phi) is 4.85. The summed E-state index contributed by atoms with van der Waals surface area (Å²) >= 11 is 11.2. The number of hydrogen-bond donors (Lipinski definition) is 1. The van der Waals surface area contributed by atoms with Gasteiger partial charge in [-0.15, -0.1) is 0 Å². The van der Waals surface area contributed by atoms with Gasteiger partial charge in [-0.2, -0.15) is 4.31 Å². The summed E-state index contributed by atoms with van der Waals surface area (Å²) in [6.45, 7) is 2.07. The van der Waals surface area contributed by atoms with E-state index in [-0.39, 0.29) is 0 Å². The normalized spacial score (nSPS) is 17.0. The molecule has 0 aromatic heterocycles. The highest BCUT2D eigenvalue weighted by Gasteiger charge is 2.24. The Hall–Kier alpha value is -0.890. The highest BCUT2D eigenvalue weighted by molar-refractivity contribution is 7.88. The molecule has 0 atom stereocenters. The van der Waals surface area contributed by atoms with Gasteiger partial charge >= 0.3 is 0 Å². The molecule has 0 unspecified atom stereocenters. The van der Waals surface area contributed by atoms with Crippen LogP contribution in [-0.2, 0) is 10.0 Å². The van der Waals surface area contributed by atoms with Crippen LogP contribution in [0.2, 0.25) is 5.02 Å². The smallest absolute Gasteiger partial charge is 0.211 e. The zero-order valence-electron chi connectivity index (χ0n) is 11.0. The van der Waals surface area contributed by atoms with Crippen molar-refractivity contribution in [3.63, 3.8) is 0 Å². The fourth-order valence-corrected chi connectivity index (χ4v) is 3.31. The van der Waals surface area contributed by atoms with Crippen molar-refractivity contribution < 1.29 is 8.42 Å². The van der Waals surface area contributed by atoms with Gasteiger partial charge < -0.3 is 10.2 Å². The first-order valence-electron chi connectivity index (χ1n) is 6.13. The monoisotopic (exact) mass is 333 g/mol. The molecule has 0 saturated carbocycles. The highest BCUT2D eigenvalue weighted by Crippen LogP contribution is 2.16. The lowest BCUT2D eigenvalue weighted by atomic mass is 10.3. The Bertz CT molecular complexity index is 598. The van der Waals surface area contributed by atoms with Crippen molar-refractivity contribution in [3.05, 3.63) is 29.3 Å². The van der Waals surface area contributed by atoms with Gasteiger partial charge in [-0.1, -0.05) is 17.7 Å². The summed E-state index contributed by atoms with van der Waals surface area (Å²) in [5.41, 5.74) is 0.827. The Balaban J connectivity index is 1.92. The SMILES string of the molecule is CS(=O)(=O)N1CCN(C(=S)Nc2cccc(Cl)c2)CC1. The fourth-order valence-electron chi connectivity index (χ4n) is 1.99. The summed E-state index contributed by atoms with van der Waals surface area (Å²) in [4.78, 5) is 1.96. The number of hydrogen-bond acceptors (Lipinski definition) is 3. The van der Waals surface area contributed by atoms with Crippen molar-refractivity contribution in [2.24, 2.45) is 0 Å². The van der Waals surface area contributed by atoms with Crippen LogP contribution in [0, 0.1) is 0 Å². The van der Waals surface area contributed by atoms with Crippen LogP contribution in [0.3, 0.4) is 0 Å². The van der Waals surface area contributed by atoms with Crippen LogP contribution < -0.4 is 5.32 Å². The lowest BCUT2D eigenvalue weighted by Crippen LogP contribution is -2.51. The van der Waals surface area contributed by atoms with Gasteiger partial charge in [0.15, 0.2) is 5.11 Å². The minimum Gasteiger partial charge on any atom is -0.346 e. The molecule has 0 amide bonds. The quantitative estimate of drug-likeness (QED) is 0.833. The molecule has 2 rings (SSSR count). The van der Waals surface area contributed by atoms with E-state index in [0.717, 1.165) is 5.69 Å². The Morgan fingerprint density at radius 3 is 2.50 bits per heavy atom. The van der Waals surface area contributed by atoms with Gasteiger partial charge in [0.2, 0.25) is 10.0 Å². The lowest BCUT2D eigenvalue weighted by Gasteiger charge is -2.34. The van der Waals surface area contributed by atoms with E-state index < -0.39 is 10.0 Å². The van der Waals surface area contributed by atoms with Crippen molar-refractivity contribution in [1.82, 2.24) is 9.21 Å². The van der Waals surface area contributed by atoms with Gasteiger partial charge in [0.05, 0.1) is 6.26 Å². The van der Waals surface area contributed by atoms with E-state index in [2.05, 4.69) is 5.32 Å². The van der Waals surface area contributed by atoms with Crippen LogP contribution >= 0.6 is 23.8 Å². The Morgan fingerprint density at radius 2 is 1.95 bits per heavy atom. The summed E-state index contributed by atoms with van der Waals surface area (Å²) in [5, 5.41) is 4.33. The first-order valence-corrected chi connectivity index (χ1v) is 8.76. The number of halogens is 1. The summed E-state index contributed by atoms with van der Waals surface area (Å²) in [7, 11) is -3.11. The largest absolute Gasteiger partial charge is 0.346 e. The molecule has 5 nitrogen and oxygen atoms in total. The van der Waals surface area contributed by atoms with Gasteiger partial charge in [0, 0.05) is 36.9 Å². The molecule has 0 radical (unpaired) electrons. The molecule has 1 heterocycles. The fraction of sp³-hybridized carbons (Fsp3) is 0.417. The third-order valence-electron chi connectivity index (χ3n) is 3.07. The second-order valence-corrected chi connectivity index (χ2v) is 7.40. The van der Waals surface area contributed by atoms with E-state index in [4.69, 9.17) is 23.8 Å². The van der Waals surface area contributed by atoms with Crippen LogP contribution in [0.25, 0.3) is 0 Å². The van der Waals surface area contributed by atoms with E-state index in [1.807, 2.05) is 17.0 Å². The molecular formula is C12H16ClN3O2S2. The maximum Gasteiger partial charge on any atom is 0.211 e. The van der Waals surface area contributed by atoms with E-state index in [1.54, 1.807) is 12.1 Å². The maximum absolute atomic E-state index is 11.4. The average Bonchev–Trinajstić information content (AvgIpc) is 2.38. The average molecular weight is 334 g/mol. The standard InChI is InChI=1S/C12H16ClN3O2S2/c1-20(17,18)16-7-5-15(6-8-16)12(19)14-11-4-2-3-10(13)9-11/h2-4,9H,5-8H2,1H3,(H,14,19). The van der Waals surface area contributed by atoms with Crippen molar-refractivity contribution in [3.8, 4) is 0 Å². The number of nitrogens with zero attached hydrogens (tertiary/aromatic N) is 2. The molecule has 20 heavy (non-hydrogen) atoms. The molecule has 1 saturated heterocycles. The molecule has 110 valence electrons. The van der Waals surface area contributed by atoms with Crippen LogP contribution in [0.1, 0.15) is 0 Å². The topological polar surface area (TPSA) is 52.7 Å². The molecule has 1 N–H and O–H groups in total. The number of piperazine rings is 1. The Labute approximate surface area is 129 Å². The lowest BCUT2D eigenvalue weighted by molar-refractivity contribution is 0.270. The van der Waals surface area contributed by atoms with Gasteiger partial charge in [0.25, 0.3) is 0 Å². The molecular weight excluding hydrogens is 318 g/mol. The van der Waals surface area contributed by atoms with E-state index >= 15 is 0 Å². The van der Waals surface area contributed by atoms with E-state index in [1.165, 1.54) is 10.6 Å². The number of rotatable bonds is 2. The maximum atomic E-state index is 11.4. The van der Waals surface area contributed by atoms with Gasteiger partial charge in [0.1, 0.15) is 0 Å². The molecule has 1 aromatic carbocycles. The molecule has 0 spiro atoms. The third kappa shape index (κ3) is 4.05. The molecule has 1 aliphatic rings. The third-order valence-corrected chi connectivity index (χ3v) is 4.97. The molecule has 1 fully saturated rings. The van der Waals surface area contributed by atoms with E-state index in [9.17, 15) is 8.42 Å². The van der Waals surface area contributed by atoms with Crippen molar-refractivity contribution in [2.45, 2.75) is 0 Å². The highest BCUT2D eigenvalue weighted by atomic mass is 35.5. The number of thiocarbonyl (C=S) groups is 1. The first-order chi connectivity index (χ1) is 9.36. The van der Waals surface area contributed by atoms with Crippen molar-refractivity contribution in [1.29, 1.82) is 0 Å². The van der Waals surface area contributed by atoms with Gasteiger partial charge in [-0.05, 0) is 30.4 Å². The van der Waals surface area contributed by atoms with Crippen molar-refractivity contribution in [2.75, 3.05) is 37.8 Å². The predicted octanol–water partition coefficient (Wildman–Crippen LogP) is 1.61. The number of benzene rings is 1. The Morgan fingerprint density at radius 1 is 1.30 bits per heavy atom. The second kappa shape index (κ2) is 6.26. The van der Waals surface area contributed by atoms with Crippen LogP contribution in [-0.4, -0.2) is 55.2 Å². The molecule has 0 bridgehead atoms. The van der Waals surface area contributed by atoms with Crippen molar-refractivity contribution >= 4 is 44.6 Å². The van der Waals surface area contributed by atoms with Gasteiger partial charge in [-0.25, -0.2) is 8.42 Å². The number of nitrogens with one attached hydrogen (secondary N) is 1. The molecule has 0 aliphatic carbocycles. The summed E-state index contributed by atoms with van der Waals surface area (Å²) in [5.74, 6) is 0. The summed E-state index contributed by atoms with van der Waals surface area (Å²) in [6.07, 6.45) is 1.23. The minimum absolute atomic E-state index is 0.455. The zero-order valence-corrected chi connectivity index (χ0v) is 13.4.